The van der Waals surface area contributed by atoms with Crippen molar-refractivity contribution in [3.8, 4) is 0 Å². The number of carbonyl (C=O) groups excluding carboxylic acids is 1. The largest absolute Gasteiger partial charge is 0.346 e. The standard InChI is InChI=1S/C24H32N2O3S/c1-17(2)15-20-8-10-21(11-9-20)19(4)25-24(27)23-16-22(12-7-18(23)3)30(28,29)26-13-5-6-14-26/h7-12,16-17,19H,5-6,13-15H2,1-4H3,(H,25,27)/t19-/m1/s1. The summed E-state index contributed by atoms with van der Waals surface area (Å²) in [6.45, 7) is 9.24. The second kappa shape index (κ2) is 9.31. The van der Waals surface area contributed by atoms with E-state index in [-0.39, 0.29) is 16.8 Å². The first-order valence-electron chi connectivity index (χ1n) is 10.7. The second-order valence-corrected chi connectivity index (χ2v) is 10.6. The number of hydrogen-bond acceptors (Lipinski definition) is 3. The fourth-order valence-corrected chi connectivity index (χ4v) is 5.40. The quantitative estimate of drug-likeness (QED) is 0.708. The monoisotopic (exact) mass is 428 g/mol. The Morgan fingerprint density at radius 1 is 1.03 bits per heavy atom. The van der Waals surface area contributed by atoms with Gasteiger partial charge >= 0.3 is 0 Å². The van der Waals surface area contributed by atoms with Gasteiger partial charge in [-0.2, -0.15) is 4.31 Å². The molecule has 162 valence electrons. The van der Waals surface area contributed by atoms with Crippen LogP contribution < -0.4 is 5.32 Å². The van der Waals surface area contributed by atoms with Crippen molar-refractivity contribution in [2.24, 2.45) is 5.92 Å². The first kappa shape index (κ1) is 22.5. The van der Waals surface area contributed by atoms with Gasteiger partial charge in [-0.25, -0.2) is 8.42 Å². The molecular formula is C24H32N2O3S. The van der Waals surface area contributed by atoms with Gasteiger partial charge in [-0.15, -0.1) is 0 Å². The van der Waals surface area contributed by atoms with Gasteiger partial charge in [0.1, 0.15) is 0 Å². The van der Waals surface area contributed by atoms with Crippen molar-refractivity contribution in [1.82, 2.24) is 9.62 Å². The van der Waals surface area contributed by atoms with Crippen LogP contribution in [-0.4, -0.2) is 31.7 Å². The van der Waals surface area contributed by atoms with Crippen LogP contribution in [0.4, 0.5) is 0 Å². The SMILES string of the molecule is Cc1ccc(S(=O)(=O)N2CCCC2)cc1C(=O)N[C@H](C)c1ccc(CC(C)C)cc1. The van der Waals surface area contributed by atoms with Crippen LogP contribution >= 0.6 is 0 Å². The summed E-state index contributed by atoms with van der Waals surface area (Å²) in [5.41, 5.74) is 3.46. The minimum atomic E-state index is -3.55. The molecule has 5 nitrogen and oxygen atoms in total. The molecule has 0 saturated carbocycles. The van der Waals surface area contributed by atoms with Gasteiger partial charge in [-0.3, -0.25) is 4.79 Å². The van der Waals surface area contributed by atoms with Crippen LogP contribution in [0.5, 0.6) is 0 Å². The number of carbonyl (C=O) groups is 1. The Morgan fingerprint density at radius 2 is 1.67 bits per heavy atom. The van der Waals surface area contributed by atoms with Gasteiger partial charge in [-0.05, 0) is 67.9 Å². The summed E-state index contributed by atoms with van der Waals surface area (Å²) in [7, 11) is -3.55. The third kappa shape index (κ3) is 5.10. The molecule has 0 bridgehead atoms. The van der Waals surface area contributed by atoms with Crippen molar-refractivity contribution in [2.75, 3.05) is 13.1 Å². The van der Waals surface area contributed by atoms with Crippen LogP contribution in [0.3, 0.4) is 0 Å². The van der Waals surface area contributed by atoms with Gasteiger partial charge in [0.25, 0.3) is 5.91 Å². The van der Waals surface area contributed by atoms with Gasteiger partial charge < -0.3 is 5.32 Å². The smallest absolute Gasteiger partial charge is 0.252 e. The lowest BCUT2D eigenvalue weighted by Gasteiger charge is -2.18. The molecule has 2 aromatic rings. The summed E-state index contributed by atoms with van der Waals surface area (Å²) in [5.74, 6) is 0.338. The normalized spacial score (nSPS) is 16.0. The molecule has 0 radical (unpaired) electrons. The maximum absolute atomic E-state index is 12.9. The third-order valence-corrected chi connectivity index (χ3v) is 7.52. The molecule has 2 aromatic carbocycles. The molecule has 1 saturated heterocycles. The zero-order chi connectivity index (χ0) is 21.9. The highest BCUT2D eigenvalue weighted by molar-refractivity contribution is 7.89. The van der Waals surface area contributed by atoms with Crippen LogP contribution in [0.2, 0.25) is 0 Å². The van der Waals surface area contributed by atoms with Crippen LogP contribution in [0.1, 0.15) is 66.7 Å². The summed E-state index contributed by atoms with van der Waals surface area (Å²) in [6.07, 6.45) is 2.79. The number of rotatable bonds is 7. The topological polar surface area (TPSA) is 66.5 Å². The Morgan fingerprint density at radius 3 is 2.27 bits per heavy atom. The van der Waals surface area contributed by atoms with E-state index in [1.165, 1.54) is 15.9 Å². The Labute approximate surface area is 180 Å². The van der Waals surface area contributed by atoms with Gasteiger partial charge in [-0.1, -0.05) is 44.2 Å². The van der Waals surface area contributed by atoms with Crippen LogP contribution in [0, 0.1) is 12.8 Å². The predicted molar refractivity (Wildman–Crippen MR) is 120 cm³/mol. The molecular weight excluding hydrogens is 396 g/mol. The zero-order valence-corrected chi connectivity index (χ0v) is 19.1. The minimum absolute atomic E-state index is 0.177. The summed E-state index contributed by atoms with van der Waals surface area (Å²) in [4.78, 5) is 13.1. The molecule has 0 spiro atoms. The van der Waals surface area contributed by atoms with Crippen molar-refractivity contribution in [1.29, 1.82) is 0 Å². The molecule has 1 aliphatic heterocycles. The average Bonchev–Trinajstić information content (AvgIpc) is 3.24. The molecule has 1 aliphatic rings. The van der Waals surface area contributed by atoms with E-state index >= 15 is 0 Å². The van der Waals surface area contributed by atoms with Gasteiger partial charge in [0.05, 0.1) is 10.9 Å². The van der Waals surface area contributed by atoms with E-state index in [0.29, 0.717) is 24.6 Å². The van der Waals surface area contributed by atoms with Crippen molar-refractivity contribution >= 4 is 15.9 Å². The highest BCUT2D eigenvalue weighted by Gasteiger charge is 2.28. The molecule has 1 fully saturated rings. The number of benzene rings is 2. The summed E-state index contributed by atoms with van der Waals surface area (Å²) in [5, 5.41) is 3.01. The number of sulfonamides is 1. The molecule has 0 unspecified atom stereocenters. The summed E-state index contributed by atoms with van der Waals surface area (Å²) in [6, 6.07) is 12.9. The van der Waals surface area contributed by atoms with E-state index in [2.05, 4.69) is 31.3 Å². The molecule has 30 heavy (non-hydrogen) atoms. The van der Waals surface area contributed by atoms with Crippen molar-refractivity contribution < 1.29 is 13.2 Å². The zero-order valence-electron chi connectivity index (χ0n) is 18.3. The van der Waals surface area contributed by atoms with Crippen LogP contribution in [0.25, 0.3) is 0 Å². The maximum Gasteiger partial charge on any atom is 0.252 e. The molecule has 0 aromatic heterocycles. The molecule has 6 heteroatoms. The average molecular weight is 429 g/mol. The van der Waals surface area contributed by atoms with Gasteiger partial charge in [0.15, 0.2) is 0 Å². The second-order valence-electron chi connectivity index (χ2n) is 8.62. The number of nitrogens with one attached hydrogen (secondary N) is 1. The molecule has 1 amide bonds. The van der Waals surface area contributed by atoms with E-state index in [1.54, 1.807) is 12.1 Å². The molecule has 3 rings (SSSR count). The predicted octanol–water partition coefficient (Wildman–Crippen LogP) is 4.47. The van der Waals surface area contributed by atoms with Gasteiger partial charge in [0.2, 0.25) is 10.0 Å². The molecule has 1 heterocycles. The fraction of sp³-hybridized carbons (Fsp3) is 0.458. The lowest BCUT2D eigenvalue weighted by molar-refractivity contribution is 0.0939. The van der Waals surface area contributed by atoms with E-state index in [4.69, 9.17) is 0 Å². The van der Waals surface area contributed by atoms with Crippen LogP contribution in [-0.2, 0) is 16.4 Å². The van der Waals surface area contributed by atoms with Gasteiger partial charge in [0, 0.05) is 18.7 Å². The highest BCUT2D eigenvalue weighted by atomic mass is 32.2. The lowest BCUT2D eigenvalue weighted by Crippen LogP contribution is -2.29. The Bertz CT molecular complexity index is 992. The molecule has 0 aliphatic carbocycles. The number of aryl methyl sites for hydroxylation is 1. The minimum Gasteiger partial charge on any atom is -0.346 e. The highest BCUT2D eigenvalue weighted by Crippen LogP contribution is 2.24. The van der Waals surface area contributed by atoms with E-state index in [9.17, 15) is 13.2 Å². The molecule has 1 N–H and O–H groups in total. The third-order valence-electron chi connectivity index (χ3n) is 5.63. The van der Waals surface area contributed by atoms with E-state index < -0.39 is 10.0 Å². The van der Waals surface area contributed by atoms with Crippen molar-refractivity contribution in [3.63, 3.8) is 0 Å². The van der Waals surface area contributed by atoms with Crippen molar-refractivity contribution in [3.05, 3.63) is 64.7 Å². The number of nitrogens with zero attached hydrogens (tertiary/aromatic N) is 1. The first-order chi connectivity index (χ1) is 14.2. The Kier molecular flexibility index (Phi) is 6.98. The summed E-state index contributed by atoms with van der Waals surface area (Å²) >= 11 is 0. The lowest BCUT2D eigenvalue weighted by atomic mass is 9.99. The van der Waals surface area contributed by atoms with E-state index in [1.807, 2.05) is 26.0 Å². The van der Waals surface area contributed by atoms with Crippen molar-refractivity contribution in [2.45, 2.75) is 57.9 Å². The Hall–Kier alpha value is -2.18. The van der Waals surface area contributed by atoms with E-state index in [0.717, 1.165) is 30.4 Å². The first-order valence-corrected chi connectivity index (χ1v) is 12.1. The summed E-state index contributed by atoms with van der Waals surface area (Å²) < 4.78 is 27.2. The molecule has 1 atom stereocenters. The number of amides is 1. The number of hydrogen-bond donors (Lipinski definition) is 1. The fourth-order valence-electron chi connectivity index (χ4n) is 3.86. The maximum atomic E-state index is 12.9. The Balaban J connectivity index is 1.76. The van der Waals surface area contributed by atoms with Crippen LogP contribution in [0.15, 0.2) is 47.4 Å².